The van der Waals surface area contributed by atoms with Crippen LogP contribution in [0, 0.1) is 5.92 Å². The lowest BCUT2D eigenvalue weighted by Gasteiger charge is -2.28. The Balaban J connectivity index is 1.54. The summed E-state index contributed by atoms with van der Waals surface area (Å²) in [6, 6.07) is 9.52. The Kier molecular flexibility index (Phi) is 4.37. The number of hydrogen-bond donors (Lipinski definition) is 1. The number of benzene rings is 1. The first-order chi connectivity index (χ1) is 13.0. The summed E-state index contributed by atoms with van der Waals surface area (Å²) >= 11 is 0. The number of fused-ring (bicyclic) bond motifs is 1. The van der Waals surface area contributed by atoms with E-state index in [2.05, 4.69) is 5.10 Å². The van der Waals surface area contributed by atoms with E-state index < -0.39 is 0 Å². The number of aromatic nitrogens is 2. The van der Waals surface area contributed by atoms with E-state index in [0.717, 1.165) is 11.4 Å². The van der Waals surface area contributed by atoms with E-state index in [-0.39, 0.29) is 35.8 Å². The number of para-hydroxylation sites is 1. The van der Waals surface area contributed by atoms with Gasteiger partial charge in [0.15, 0.2) is 0 Å². The maximum atomic E-state index is 12.9. The Morgan fingerprint density at radius 3 is 2.59 bits per heavy atom. The molecule has 2 amide bonds. The topological polar surface area (TPSA) is 78.4 Å². The highest BCUT2D eigenvalue weighted by molar-refractivity contribution is 5.89. The summed E-state index contributed by atoms with van der Waals surface area (Å²) < 4.78 is 1.54. The number of H-pyrrole nitrogens is 1. The van der Waals surface area contributed by atoms with Gasteiger partial charge in [-0.05, 0) is 26.0 Å². The lowest BCUT2D eigenvalue weighted by atomic mass is 10.0. The highest BCUT2D eigenvalue weighted by atomic mass is 16.2. The summed E-state index contributed by atoms with van der Waals surface area (Å²) in [6.07, 6.45) is 0.881. The van der Waals surface area contributed by atoms with Crippen LogP contribution in [-0.4, -0.2) is 50.5 Å². The van der Waals surface area contributed by atoms with Crippen molar-refractivity contribution in [3.05, 3.63) is 51.9 Å². The Bertz CT molecular complexity index is 928. The SMILES string of the molecule is CC(C)N1CC(C(=O)N2CCc3[nH]n(-c4ccccc4)c(=O)c3C2)CC1=O. The summed E-state index contributed by atoms with van der Waals surface area (Å²) in [6.45, 7) is 5.26. The maximum absolute atomic E-state index is 12.9. The van der Waals surface area contributed by atoms with E-state index in [4.69, 9.17) is 0 Å². The zero-order valence-corrected chi connectivity index (χ0v) is 15.6. The summed E-state index contributed by atoms with van der Waals surface area (Å²) in [5, 5.41) is 3.18. The van der Waals surface area contributed by atoms with Gasteiger partial charge in [0, 0.05) is 37.7 Å². The van der Waals surface area contributed by atoms with Crippen molar-refractivity contribution in [2.24, 2.45) is 5.92 Å². The number of aromatic amines is 1. The van der Waals surface area contributed by atoms with Crippen LogP contribution in [0.5, 0.6) is 0 Å². The van der Waals surface area contributed by atoms with Crippen LogP contribution in [0.3, 0.4) is 0 Å². The molecule has 0 spiro atoms. The van der Waals surface area contributed by atoms with Crippen molar-refractivity contribution < 1.29 is 9.59 Å². The minimum absolute atomic E-state index is 0.0241. The van der Waals surface area contributed by atoms with Crippen LogP contribution in [0.25, 0.3) is 5.69 Å². The van der Waals surface area contributed by atoms with Gasteiger partial charge in [-0.2, -0.15) is 0 Å². The van der Waals surface area contributed by atoms with Crippen LogP contribution in [-0.2, 0) is 22.6 Å². The second kappa shape index (κ2) is 6.72. The lowest BCUT2D eigenvalue weighted by Crippen LogP contribution is -2.42. The fraction of sp³-hybridized carbons (Fsp3) is 0.450. The van der Waals surface area contributed by atoms with Gasteiger partial charge in [0.2, 0.25) is 11.8 Å². The van der Waals surface area contributed by atoms with Gasteiger partial charge < -0.3 is 9.80 Å². The zero-order chi connectivity index (χ0) is 19.1. The van der Waals surface area contributed by atoms with Crippen molar-refractivity contribution >= 4 is 11.8 Å². The fourth-order valence-electron chi connectivity index (χ4n) is 4.01. The standard InChI is InChI=1S/C20H24N4O3/c1-13(2)23-11-14(10-18(23)25)19(26)22-9-8-17-16(12-22)20(27)24(21-17)15-6-4-3-5-7-15/h3-7,13-14,21H,8-12H2,1-2H3. The molecule has 1 atom stereocenters. The van der Waals surface area contributed by atoms with E-state index in [9.17, 15) is 14.4 Å². The largest absolute Gasteiger partial charge is 0.339 e. The molecule has 0 aliphatic carbocycles. The van der Waals surface area contributed by atoms with Crippen LogP contribution >= 0.6 is 0 Å². The fourth-order valence-corrected chi connectivity index (χ4v) is 4.01. The molecule has 1 saturated heterocycles. The summed E-state index contributed by atoms with van der Waals surface area (Å²) in [5.74, 6) is -0.296. The molecule has 1 fully saturated rings. The minimum atomic E-state index is -0.309. The van der Waals surface area contributed by atoms with E-state index in [1.807, 2.05) is 44.2 Å². The van der Waals surface area contributed by atoms with Crippen molar-refractivity contribution in [1.82, 2.24) is 19.6 Å². The molecule has 1 unspecified atom stereocenters. The lowest BCUT2D eigenvalue weighted by molar-refractivity contribution is -0.136. The normalized spacial score (nSPS) is 19.7. The monoisotopic (exact) mass is 368 g/mol. The molecule has 2 aliphatic heterocycles. The van der Waals surface area contributed by atoms with Gasteiger partial charge in [-0.1, -0.05) is 18.2 Å². The molecule has 0 bridgehead atoms. The quantitative estimate of drug-likeness (QED) is 0.887. The molecular formula is C20H24N4O3. The molecule has 2 aromatic rings. The van der Waals surface area contributed by atoms with E-state index in [1.165, 1.54) is 4.68 Å². The number of rotatable bonds is 3. The molecule has 1 aromatic carbocycles. The summed E-state index contributed by atoms with van der Waals surface area (Å²) in [4.78, 5) is 41.4. The maximum Gasteiger partial charge on any atom is 0.276 e. The van der Waals surface area contributed by atoms with Crippen molar-refractivity contribution in [2.45, 2.75) is 39.3 Å². The van der Waals surface area contributed by atoms with Crippen LogP contribution in [0.2, 0.25) is 0 Å². The molecule has 1 N–H and O–H groups in total. The number of amides is 2. The van der Waals surface area contributed by atoms with Crippen LogP contribution in [0.1, 0.15) is 31.5 Å². The highest BCUT2D eigenvalue weighted by Gasteiger charge is 2.38. The molecule has 7 nitrogen and oxygen atoms in total. The molecular weight excluding hydrogens is 344 g/mol. The number of likely N-dealkylation sites (tertiary alicyclic amines) is 1. The van der Waals surface area contributed by atoms with Gasteiger partial charge >= 0.3 is 0 Å². The van der Waals surface area contributed by atoms with Gasteiger partial charge in [0.05, 0.1) is 23.7 Å². The van der Waals surface area contributed by atoms with Crippen molar-refractivity contribution in [3.8, 4) is 5.69 Å². The van der Waals surface area contributed by atoms with Crippen LogP contribution in [0.15, 0.2) is 35.1 Å². The van der Waals surface area contributed by atoms with Crippen LogP contribution in [0.4, 0.5) is 0 Å². The number of carbonyl (C=O) groups excluding carboxylic acids is 2. The van der Waals surface area contributed by atoms with Gasteiger partial charge in [-0.25, -0.2) is 4.68 Å². The molecule has 1 aromatic heterocycles. The zero-order valence-electron chi connectivity index (χ0n) is 15.6. The predicted molar refractivity (Wildman–Crippen MR) is 100 cm³/mol. The van der Waals surface area contributed by atoms with Gasteiger partial charge in [-0.15, -0.1) is 0 Å². The number of hydrogen-bond acceptors (Lipinski definition) is 3. The number of carbonyl (C=O) groups is 2. The summed E-state index contributed by atoms with van der Waals surface area (Å²) in [5.41, 5.74) is 2.20. The average molecular weight is 368 g/mol. The number of nitrogens with zero attached hydrogens (tertiary/aromatic N) is 3. The highest BCUT2D eigenvalue weighted by Crippen LogP contribution is 2.25. The third kappa shape index (κ3) is 3.07. The Hall–Kier alpha value is -2.83. The molecule has 2 aliphatic rings. The Morgan fingerprint density at radius 2 is 1.93 bits per heavy atom. The third-order valence-corrected chi connectivity index (χ3v) is 5.51. The van der Waals surface area contributed by atoms with Gasteiger partial charge in [-0.3, -0.25) is 19.5 Å². The molecule has 142 valence electrons. The molecule has 4 rings (SSSR count). The van der Waals surface area contributed by atoms with Crippen molar-refractivity contribution in [2.75, 3.05) is 13.1 Å². The van der Waals surface area contributed by atoms with E-state index in [0.29, 0.717) is 31.6 Å². The summed E-state index contributed by atoms with van der Waals surface area (Å²) in [7, 11) is 0. The Labute approximate surface area is 157 Å². The average Bonchev–Trinajstić information content (AvgIpc) is 3.22. The third-order valence-electron chi connectivity index (χ3n) is 5.51. The first-order valence-corrected chi connectivity index (χ1v) is 9.42. The van der Waals surface area contributed by atoms with Crippen LogP contribution < -0.4 is 5.56 Å². The molecule has 7 heteroatoms. The van der Waals surface area contributed by atoms with E-state index in [1.54, 1.807) is 9.80 Å². The molecule has 0 saturated carbocycles. The smallest absolute Gasteiger partial charge is 0.276 e. The van der Waals surface area contributed by atoms with Gasteiger partial charge in [0.1, 0.15) is 0 Å². The first kappa shape index (κ1) is 17.6. The molecule has 0 radical (unpaired) electrons. The minimum Gasteiger partial charge on any atom is -0.339 e. The number of nitrogens with one attached hydrogen (secondary N) is 1. The molecule has 3 heterocycles. The second-order valence-electron chi connectivity index (χ2n) is 7.60. The molecule has 27 heavy (non-hydrogen) atoms. The predicted octanol–water partition coefficient (Wildman–Crippen LogP) is 1.31. The van der Waals surface area contributed by atoms with Gasteiger partial charge in [0.25, 0.3) is 5.56 Å². The van der Waals surface area contributed by atoms with Crippen molar-refractivity contribution in [3.63, 3.8) is 0 Å². The van der Waals surface area contributed by atoms with E-state index >= 15 is 0 Å². The van der Waals surface area contributed by atoms with Crippen molar-refractivity contribution in [1.29, 1.82) is 0 Å². The Morgan fingerprint density at radius 1 is 1.19 bits per heavy atom. The first-order valence-electron chi connectivity index (χ1n) is 9.42. The second-order valence-corrected chi connectivity index (χ2v) is 7.60.